The summed E-state index contributed by atoms with van der Waals surface area (Å²) in [4.78, 5) is 8.88. The molecule has 0 aliphatic rings. The Kier molecular flexibility index (Phi) is 4.13. The van der Waals surface area contributed by atoms with Gasteiger partial charge in [-0.15, -0.1) is 0 Å². The number of ether oxygens (including phenoxy) is 1. The van der Waals surface area contributed by atoms with Gasteiger partial charge in [-0.25, -0.2) is 18.4 Å². The van der Waals surface area contributed by atoms with Crippen molar-refractivity contribution in [3.8, 4) is 17.0 Å². The number of fused-ring (bicyclic) bond motifs is 2. The van der Waals surface area contributed by atoms with Gasteiger partial charge < -0.3 is 15.0 Å². The first kappa shape index (κ1) is 19.3. The van der Waals surface area contributed by atoms with Crippen LogP contribution in [0.1, 0.15) is 20.8 Å². The molecule has 152 valence electrons. The molecule has 3 aromatic heterocycles. The van der Waals surface area contributed by atoms with E-state index in [1.54, 1.807) is 48.2 Å². The molecule has 0 radical (unpaired) electrons. The van der Waals surface area contributed by atoms with Gasteiger partial charge in [-0.2, -0.15) is 0 Å². The van der Waals surface area contributed by atoms with Gasteiger partial charge in [0.1, 0.15) is 16.3 Å². The number of imidazole rings is 2. The molecule has 29 heavy (non-hydrogen) atoms. The van der Waals surface area contributed by atoms with E-state index in [1.165, 1.54) is 7.11 Å². The Morgan fingerprint density at radius 3 is 2.55 bits per heavy atom. The molecule has 2 N–H and O–H groups in total. The van der Waals surface area contributed by atoms with Crippen LogP contribution in [0.4, 0.5) is 5.95 Å². The van der Waals surface area contributed by atoms with Crippen molar-refractivity contribution in [1.29, 1.82) is 0 Å². The molecule has 0 atom stereocenters. The predicted octanol–water partition coefficient (Wildman–Crippen LogP) is 3.05. The highest BCUT2D eigenvalue weighted by Gasteiger charge is 2.34. The maximum absolute atomic E-state index is 13.1. The number of sulfone groups is 1. The van der Waals surface area contributed by atoms with Crippen LogP contribution in [0.3, 0.4) is 0 Å². The lowest BCUT2D eigenvalue weighted by atomic mass is 10.1. The minimum Gasteiger partial charge on any atom is -0.495 e. The zero-order chi connectivity index (χ0) is 21.1. The molecule has 0 unspecified atom stereocenters. The topological polar surface area (TPSA) is 105 Å². The average molecular weight is 414 g/mol. The van der Waals surface area contributed by atoms with E-state index in [1.807, 2.05) is 25.2 Å². The lowest BCUT2D eigenvalue weighted by molar-refractivity contribution is 0.401. The summed E-state index contributed by atoms with van der Waals surface area (Å²) >= 11 is 0. The van der Waals surface area contributed by atoms with E-state index in [-0.39, 0.29) is 10.6 Å². The summed E-state index contributed by atoms with van der Waals surface area (Å²) in [7, 11) is -0.324. The Bertz CT molecular complexity index is 1360. The Hall–Kier alpha value is -3.07. The van der Waals surface area contributed by atoms with E-state index in [0.717, 1.165) is 22.3 Å². The first-order chi connectivity index (χ1) is 13.5. The van der Waals surface area contributed by atoms with Crippen molar-refractivity contribution in [2.75, 3.05) is 12.8 Å². The minimum absolute atomic E-state index is 0.130. The van der Waals surface area contributed by atoms with Crippen molar-refractivity contribution in [2.45, 2.75) is 30.4 Å². The predicted molar refractivity (Wildman–Crippen MR) is 113 cm³/mol. The standard InChI is InChI=1S/C20H23N5O3S/c1-20(2,3)29(26,27)17-11-25-15(10-22-18(25)9-16(17)28-5)12-6-7-13-14(8-12)24(4)19(21)23-13/h6-11H,1-5H3,(H2,21,23). The molecule has 4 rings (SSSR count). The third-order valence-corrected chi connectivity index (χ3v) is 7.60. The van der Waals surface area contributed by atoms with Crippen molar-refractivity contribution >= 4 is 32.5 Å². The number of methoxy groups -OCH3 is 1. The van der Waals surface area contributed by atoms with Crippen LogP contribution in [0.25, 0.3) is 27.9 Å². The minimum atomic E-state index is -3.63. The molecule has 0 aliphatic carbocycles. The number of nitrogens with zero attached hydrogens (tertiary/aromatic N) is 4. The number of aromatic nitrogens is 4. The molecule has 0 fully saturated rings. The number of anilines is 1. The zero-order valence-corrected chi connectivity index (χ0v) is 17.8. The van der Waals surface area contributed by atoms with E-state index in [2.05, 4.69) is 9.97 Å². The molecule has 8 nitrogen and oxygen atoms in total. The average Bonchev–Trinajstić information content (AvgIpc) is 3.20. The summed E-state index contributed by atoms with van der Waals surface area (Å²) in [5, 5.41) is 0. The van der Waals surface area contributed by atoms with E-state index in [4.69, 9.17) is 10.5 Å². The number of hydrogen-bond donors (Lipinski definition) is 1. The van der Waals surface area contributed by atoms with E-state index in [0.29, 0.717) is 11.6 Å². The fourth-order valence-electron chi connectivity index (χ4n) is 3.26. The smallest absolute Gasteiger partial charge is 0.200 e. The summed E-state index contributed by atoms with van der Waals surface area (Å²) in [5.74, 6) is 0.707. The molecular weight excluding hydrogens is 390 g/mol. The van der Waals surface area contributed by atoms with Gasteiger partial charge in [0.25, 0.3) is 0 Å². The van der Waals surface area contributed by atoms with Crippen LogP contribution >= 0.6 is 0 Å². The second-order valence-corrected chi connectivity index (χ2v) is 10.6. The van der Waals surface area contributed by atoms with Crippen LogP contribution < -0.4 is 10.5 Å². The summed E-state index contributed by atoms with van der Waals surface area (Å²) < 4.78 is 34.2. The van der Waals surface area contributed by atoms with Crippen LogP contribution in [0.2, 0.25) is 0 Å². The second-order valence-electron chi connectivity index (χ2n) is 7.93. The second kappa shape index (κ2) is 6.21. The maximum Gasteiger partial charge on any atom is 0.200 e. The highest BCUT2D eigenvalue weighted by Crippen LogP contribution is 2.34. The summed E-state index contributed by atoms with van der Waals surface area (Å²) in [6.45, 7) is 5.00. The molecule has 0 aliphatic heterocycles. The van der Waals surface area contributed by atoms with E-state index >= 15 is 0 Å². The molecule has 0 bridgehead atoms. The molecule has 9 heteroatoms. The van der Waals surface area contributed by atoms with Gasteiger partial charge in [-0.1, -0.05) is 6.07 Å². The molecule has 0 amide bonds. The number of rotatable bonds is 3. The van der Waals surface area contributed by atoms with Crippen LogP contribution in [-0.2, 0) is 16.9 Å². The van der Waals surface area contributed by atoms with Crippen LogP contribution in [0.5, 0.6) is 5.75 Å². The number of nitrogens with two attached hydrogens (primary N) is 1. The van der Waals surface area contributed by atoms with Gasteiger partial charge in [-0.3, -0.25) is 4.40 Å². The highest BCUT2D eigenvalue weighted by atomic mass is 32.2. The lowest BCUT2D eigenvalue weighted by Gasteiger charge is -2.21. The van der Waals surface area contributed by atoms with Crippen molar-refractivity contribution in [2.24, 2.45) is 7.05 Å². The number of nitrogen functional groups attached to an aromatic ring is 1. The highest BCUT2D eigenvalue weighted by molar-refractivity contribution is 7.92. The maximum atomic E-state index is 13.1. The lowest BCUT2D eigenvalue weighted by Crippen LogP contribution is -2.28. The van der Waals surface area contributed by atoms with Gasteiger partial charge in [0, 0.05) is 24.9 Å². The zero-order valence-electron chi connectivity index (χ0n) is 17.0. The van der Waals surface area contributed by atoms with Gasteiger partial charge >= 0.3 is 0 Å². The molecule has 1 aromatic carbocycles. The number of hydrogen-bond acceptors (Lipinski definition) is 6. The van der Waals surface area contributed by atoms with Crippen LogP contribution in [0.15, 0.2) is 41.6 Å². The van der Waals surface area contributed by atoms with Crippen LogP contribution in [0, 0.1) is 0 Å². The normalized spacial score (nSPS) is 12.7. The Balaban J connectivity index is 1.98. The summed E-state index contributed by atoms with van der Waals surface area (Å²) in [6, 6.07) is 7.41. The Morgan fingerprint density at radius 1 is 1.17 bits per heavy atom. The first-order valence-electron chi connectivity index (χ1n) is 9.06. The SMILES string of the molecule is COc1cc2ncc(-c3ccc4nc(N)n(C)c4c3)n2cc1S(=O)(=O)C(C)(C)C. The Morgan fingerprint density at radius 2 is 1.90 bits per heavy atom. The first-order valence-corrected chi connectivity index (χ1v) is 10.5. The van der Waals surface area contributed by atoms with Gasteiger partial charge in [-0.05, 0) is 32.9 Å². The summed E-state index contributed by atoms with van der Waals surface area (Å²) in [6.07, 6.45) is 3.29. The van der Waals surface area contributed by atoms with Gasteiger partial charge in [0.2, 0.25) is 5.95 Å². The molecular formula is C20H23N5O3S. The summed E-state index contributed by atoms with van der Waals surface area (Å²) in [5.41, 5.74) is 9.80. The van der Waals surface area contributed by atoms with E-state index in [9.17, 15) is 8.42 Å². The van der Waals surface area contributed by atoms with Crippen molar-refractivity contribution in [3.63, 3.8) is 0 Å². The van der Waals surface area contributed by atoms with Gasteiger partial charge in [0.05, 0.1) is 34.8 Å². The molecule has 0 saturated heterocycles. The van der Waals surface area contributed by atoms with Crippen molar-refractivity contribution in [3.05, 3.63) is 36.7 Å². The van der Waals surface area contributed by atoms with Crippen molar-refractivity contribution in [1.82, 2.24) is 18.9 Å². The third kappa shape index (κ3) is 2.84. The number of benzene rings is 1. The van der Waals surface area contributed by atoms with Gasteiger partial charge in [0.15, 0.2) is 9.84 Å². The monoisotopic (exact) mass is 413 g/mol. The fraction of sp³-hybridized carbons (Fsp3) is 0.300. The quantitative estimate of drug-likeness (QED) is 0.553. The Labute approximate surface area is 168 Å². The number of aryl methyl sites for hydroxylation is 1. The number of pyridine rings is 1. The largest absolute Gasteiger partial charge is 0.495 e. The third-order valence-electron chi connectivity index (χ3n) is 5.10. The van der Waals surface area contributed by atoms with Crippen LogP contribution in [-0.4, -0.2) is 39.2 Å². The molecule has 4 aromatic rings. The molecule has 0 spiro atoms. The van der Waals surface area contributed by atoms with E-state index < -0.39 is 14.6 Å². The fourth-order valence-corrected chi connectivity index (χ4v) is 4.57. The molecule has 0 saturated carbocycles. The molecule has 3 heterocycles. The van der Waals surface area contributed by atoms with Crippen molar-refractivity contribution < 1.29 is 13.2 Å².